The maximum absolute atomic E-state index is 14.5. The van der Waals surface area contributed by atoms with Gasteiger partial charge in [0.2, 0.25) is 0 Å². The maximum Gasteiger partial charge on any atom is 0.573 e. The highest BCUT2D eigenvalue weighted by Gasteiger charge is 2.54. The van der Waals surface area contributed by atoms with Gasteiger partial charge in [-0.1, -0.05) is 52.3 Å². The van der Waals surface area contributed by atoms with E-state index in [0.29, 0.717) is 27.7 Å². The first-order chi connectivity index (χ1) is 21.3. The van der Waals surface area contributed by atoms with Crippen LogP contribution >= 0.6 is 15.9 Å². The van der Waals surface area contributed by atoms with Crippen LogP contribution in [0.3, 0.4) is 0 Å². The Morgan fingerprint density at radius 2 is 1.76 bits per heavy atom. The van der Waals surface area contributed by atoms with Crippen LogP contribution in [0, 0.1) is 23.7 Å². The van der Waals surface area contributed by atoms with Gasteiger partial charge >= 0.3 is 12.3 Å². The fourth-order valence-corrected chi connectivity index (χ4v) is 6.92. The fourth-order valence-electron chi connectivity index (χ4n) is 6.56. The highest BCUT2D eigenvalue weighted by molar-refractivity contribution is 9.10. The van der Waals surface area contributed by atoms with E-state index in [9.17, 15) is 33.1 Å². The number of aliphatic carboxylic acids is 1. The summed E-state index contributed by atoms with van der Waals surface area (Å²) in [6.07, 6.45) is -2.99. The molecule has 7 nitrogen and oxygen atoms in total. The standard InChI is InChI=1S/C34H25BrF3N3O4/c1-19-28(24-16-22(35)8-9-26(24)40-29(19)21-5-3-2-4-6-21)30(42)41-33-13-11-32(12-14-33,31(43)44)17-25(33)23-15-20(18-39)7-10-27(23)45-34(36,37)38/h2-10,15-17H,11-14H2,1H3,(H,41,42)(H,43,44). The van der Waals surface area contributed by atoms with Crippen LogP contribution in [0.1, 0.15) is 52.7 Å². The summed E-state index contributed by atoms with van der Waals surface area (Å²) in [5.74, 6) is -2.18. The molecule has 0 spiro atoms. The lowest BCUT2D eigenvalue weighted by atomic mass is 9.57. The number of carbonyl (C=O) groups is 2. The second-order valence-electron chi connectivity index (χ2n) is 11.4. The molecular formula is C34H25BrF3N3O4. The molecule has 1 aromatic heterocycles. The number of nitrogens with zero attached hydrogens (tertiary/aromatic N) is 2. The van der Waals surface area contributed by atoms with E-state index in [1.807, 2.05) is 42.5 Å². The molecule has 4 aromatic rings. The van der Waals surface area contributed by atoms with Crippen molar-refractivity contribution in [1.29, 1.82) is 5.26 Å². The summed E-state index contributed by atoms with van der Waals surface area (Å²) >= 11 is 3.48. The molecule has 0 unspecified atom stereocenters. The predicted molar refractivity (Wildman–Crippen MR) is 164 cm³/mol. The van der Waals surface area contributed by atoms with E-state index < -0.39 is 34.9 Å². The number of pyridine rings is 1. The molecule has 1 fully saturated rings. The third-order valence-electron chi connectivity index (χ3n) is 8.80. The number of nitriles is 1. The molecule has 3 aliphatic rings. The summed E-state index contributed by atoms with van der Waals surface area (Å²) in [4.78, 5) is 31.8. The summed E-state index contributed by atoms with van der Waals surface area (Å²) in [7, 11) is 0. The third-order valence-corrected chi connectivity index (χ3v) is 9.29. The number of hydrogen-bond donors (Lipinski definition) is 2. The lowest BCUT2D eigenvalue weighted by Gasteiger charge is -2.51. The number of carboxylic acid groups (broad SMARTS) is 1. The molecule has 0 radical (unpaired) electrons. The molecule has 1 saturated carbocycles. The van der Waals surface area contributed by atoms with E-state index in [0.717, 1.165) is 16.1 Å². The Labute approximate surface area is 264 Å². The normalized spacial score (nSPS) is 20.8. The van der Waals surface area contributed by atoms with E-state index >= 15 is 0 Å². The summed E-state index contributed by atoms with van der Waals surface area (Å²) in [5.41, 5.74) is 0.463. The largest absolute Gasteiger partial charge is 0.573 e. The van der Waals surface area contributed by atoms with E-state index in [1.54, 1.807) is 19.1 Å². The minimum Gasteiger partial charge on any atom is -0.481 e. The first-order valence-electron chi connectivity index (χ1n) is 14.1. The summed E-state index contributed by atoms with van der Waals surface area (Å²) in [5, 5.41) is 23.5. The number of benzene rings is 3. The molecule has 2 N–H and O–H groups in total. The highest BCUT2D eigenvalue weighted by Crippen LogP contribution is 2.56. The Bertz CT molecular complexity index is 1940. The Balaban J connectivity index is 1.53. The zero-order valence-corrected chi connectivity index (χ0v) is 25.4. The van der Waals surface area contributed by atoms with Crippen molar-refractivity contribution in [3.8, 4) is 23.1 Å². The summed E-state index contributed by atoms with van der Waals surface area (Å²) in [6, 6.07) is 20.2. The first kappa shape index (κ1) is 30.3. The molecule has 0 aliphatic heterocycles. The molecule has 11 heteroatoms. The van der Waals surface area contributed by atoms with Crippen LogP contribution in [0.25, 0.3) is 27.7 Å². The lowest BCUT2D eigenvalue weighted by molar-refractivity contribution is -0.274. The van der Waals surface area contributed by atoms with E-state index in [-0.39, 0.29) is 42.4 Å². The average Bonchev–Trinajstić information content (AvgIpc) is 3.01. The molecule has 228 valence electrons. The number of alkyl halides is 3. The van der Waals surface area contributed by atoms with Crippen LogP contribution in [0.15, 0.2) is 77.3 Å². The second kappa shape index (κ2) is 11.0. The van der Waals surface area contributed by atoms with Gasteiger partial charge < -0.3 is 15.2 Å². The zero-order chi connectivity index (χ0) is 32.1. The summed E-state index contributed by atoms with van der Waals surface area (Å²) < 4.78 is 45.6. The van der Waals surface area contributed by atoms with Crippen LogP contribution in [0.4, 0.5) is 13.2 Å². The Hall–Kier alpha value is -4.69. The molecule has 2 bridgehead atoms. The van der Waals surface area contributed by atoms with Gasteiger partial charge in [-0.05, 0) is 80.1 Å². The number of carbonyl (C=O) groups excluding carboxylic acids is 1. The molecule has 0 saturated heterocycles. The number of rotatable bonds is 6. The van der Waals surface area contributed by atoms with E-state index in [2.05, 4.69) is 26.0 Å². The number of carboxylic acids is 1. The van der Waals surface area contributed by atoms with Gasteiger partial charge in [-0.15, -0.1) is 13.2 Å². The maximum atomic E-state index is 14.5. The van der Waals surface area contributed by atoms with Crippen LogP contribution < -0.4 is 10.1 Å². The highest BCUT2D eigenvalue weighted by atomic mass is 79.9. The van der Waals surface area contributed by atoms with Crippen LogP contribution in [0.5, 0.6) is 5.75 Å². The lowest BCUT2D eigenvalue weighted by Crippen LogP contribution is -2.57. The average molecular weight is 676 g/mol. The van der Waals surface area contributed by atoms with Gasteiger partial charge in [-0.25, -0.2) is 4.98 Å². The van der Waals surface area contributed by atoms with Crippen molar-refractivity contribution in [3.63, 3.8) is 0 Å². The third kappa shape index (κ3) is 5.44. The van der Waals surface area contributed by atoms with E-state index in [4.69, 9.17) is 4.98 Å². The topological polar surface area (TPSA) is 112 Å². The van der Waals surface area contributed by atoms with Crippen molar-refractivity contribution in [1.82, 2.24) is 10.3 Å². The molecule has 7 rings (SSSR count). The minimum absolute atomic E-state index is 0.0565. The van der Waals surface area contributed by atoms with Gasteiger partial charge in [-0.3, -0.25) is 9.59 Å². The number of ether oxygens (including phenoxy) is 1. The first-order valence-corrected chi connectivity index (χ1v) is 14.9. The smallest absolute Gasteiger partial charge is 0.481 e. The number of nitrogens with one attached hydrogen (secondary N) is 1. The number of halogens is 4. The van der Waals surface area contributed by atoms with Gasteiger partial charge in [0.15, 0.2) is 0 Å². The Kier molecular flexibility index (Phi) is 7.44. The zero-order valence-electron chi connectivity index (χ0n) is 23.8. The molecule has 3 aliphatic carbocycles. The number of fused-ring (bicyclic) bond motifs is 3. The van der Waals surface area contributed by atoms with Crippen molar-refractivity contribution >= 4 is 44.3 Å². The number of aromatic nitrogens is 1. The molecular weight excluding hydrogens is 651 g/mol. The second-order valence-corrected chi connectivity index (χ2v) is 12.3. The Morgan fingerprint density at radius 3 is 2.40 bits per heavy atom. The monoisotopic (exact) mass is 675 g/mol. The SMILES string of the molecule is Cc1c(-c2ccccc2)nc2ccc(Br)cc2c1C(=O)NC12CCC(C(=O)O)(C=C1c1cc(C#N)ccc1OC(F)(F)F)CC2. The van der Waals surface area contributed by atoms with Crippen LogP contribution in [-0.4, -0.2) is 33.9 Å². The summed E-state index contributed by atoms with van der Waals surface area (Å²) in [6.45, 7) is 1.79. The van der Waals surface area contributed by atoms with Gasteiger partial charge in [-0.2, -0.15) is 5.26 Å². The quantitative estimate of drug-likeness (QED) is 0.214. The van der Waals surface area contributed by atoms with Crippen LogP contribution in [0.2, 0.25) is 0 Å². The Morgan fingerprint density at radius 1 is 1.04 bits per heavy atom. The van der Waals surface area contributed by atoms with Gasteiger partial charge in [0.1, 0.15) is 5.75 Å². The van der Waals surface area contributed by atoms with Crippen molar-refractivity contribution in [3.05, 3.63) is 99.5 Å². The number of amides is 1. The van der Waals surface area contributed by atoms with Crippen molar-refractivity contribution in [2.24, 2.45) is 5.41 Å². The van der Waals surface area contributed by atoms with Gasteiger partial charge in [0, 0.05) is 21.0 Å². The van der Waals surface area contributed by atoms with E-state index in [1.165, 1.54) is 18.2 Å². The molecule has 45 heavy (non-hydrogen) atoms. The molecule has 1 amide bonds. The van der Waals surface area contributed by atoms with Crippen LogP contribution in [-0.2, 0) is 4.79 Å². The van der Waals surface area contributed by atoms with Crippen molar-refractivity contribution in [2.75, 3.05) is 0 Å². The van der Waals surface area contributed by atoms with Gasteiger partial charge in [0.05, 0.1) is 39.4 Å². The number of hydrogen-bond acceptors (Lipinski definition) is 5. The minimum atomic E-state index is -5.05. The van der Waals surface area contributed by atoms with Crippen molar-refractivity contribution < 1.29 is 32.6 Å². The van der Waals surface area contributed by atoms with Crippen molar-refractivity contribution in [2.45, 2.75) is 44.5 Å². The fraction of sp³-hybridized carbons (Fsp3) is 0.235. The molecule has 1 heterocycles. The van der Waals surface area contributed by atoms with Gasteiger partial charge in [0.25, 0.3) is 5.91 Å². The molecule has 3 aromatic carbocycles. The predicted octanol–water partition coefficient (Wildman–Crippen LogP) is 7.95. The molecule has 0 atom stereocenters.